The van der Waals surface area contributed by atoms with Crippen molar-refractivity contribution in [1.29, 1.82) is 0 Å². The third-order valence-electron chi connectivity index (χ3n) is 5.74. The summed E-state index contributed by atoms with van der Waals surface area (Å²) in [5.41, 5.74) is 5.63. The van der Waals surface area contributed by atoms with Crippen LogP contribution in [-0.2, 0) is 35.3 Å². The van der Waals surface area contributed by atoms with E-state index < -0.39 is 59.8 Å². The van der Waals surface area contributed by atoms with Gasteiger partial charge >= 0.3 is 6.18 Å². The molecule has 0 radical (unpaired) electrons. The molecule has 14 heteroatoms. The molecular formula is C22H26F6N6O2. The molecule has 1 aliphatic rings. The largest absolute Gasteiger partial charge is 0.451 e. The Kier molecular flexibility index (Phi) is 8.26. The van der Waals surface area contributed by atoms with E-state index in [0.717, 1.165) is 4.57 Å². The van der Waals surface area contributed by atoms with Crippen molar-refractivity contribution < 1.29 is 35.9 Å². The predicted octanol–water partition coefficient (Wildman–Crippen LogP) is 2.55. The number of halogens is 6. The Morgan fingerprint density at radius 1 is 1.08 bits per heavy atom. The second-order valence-corrected chi connectivity index (χ2v) is 9.11. The quantitative estimate of drug-likeness (QED) is 0.411. The van der Waals surface area contributed by atoms with Gasteiger partial charge in [-0.1, -0.05) is 13.8 Å². The maximum Gasteiger partial charge on any atom is 0.451 e. The van der Waals surface area contributed by atoms with Gasteiger partial charge in [0.25, 0.3) is 0 Å². The summed E-state index contributed by atoms with van der Waals surface area (Å²) in [5.74, 6) is -6.06. The third-order valence-corrected chi connectivity index (χ3v) is 5.74. The maximum atomic E-state index is 14.3. The molecule has 8 nitrogen and oxygen atoms in total. The summed E-state index contributed by atoms with van der Waals surface area (Å²) in [4.78, 5) is 26.8. The molecule has 0 saturated carbocycles. The third kappa shape index (κ3) is 6.53. The summed E-state index contributed by atoms with van der Waals surface area (Å²) in [6.45, 7) is 3.17. The first-order valence-corrected chi connectivity index (χ1v) is 11.2. The van der Waals surface area contributed by atoms with E-state index in [-0.39, 0.29) is 43.4 Å². The number of carbonyl (C=O) groups excluding carboxylic acids is 2. The van der Waals surface area contributed by atoms with Crippen LogP contribution in [0, 0.1) is 23.4 Å². The van der Waals surface area contributed by atoms with E-state index in [4.69, 9.17) is 5.73 Å². The van der Waals surface area contributed by atoms with E-state index in [0.29, 0.717) is 18.6 Å². The number of nitrogens with one attached hydrogen (secondary N) is 1. The predicted molar refractivity (Wildman–Crippen MR) is 114 cm³/mol. The Morgan fingerprint density at radius 3 is 2.39 bits per heavy atom. The van der Waals surface area contributed by atoms with E-state index in [1.807, 2.05) is 13.8 Å². The number of nitrogens with two attached hydrogens (primary N) is 1. The van der Waals surface area contributed by atoms with Gasteiger partial charge < -0.3 is 20.5 Å². The van der Waals surface area contributed by atoms with E-state index in [1.54, 1.807) is 0 Å². The molecule has 2 amide bonds. The molecule has 3 N–H and O–H groups in total. The van der Waals surface area contributed by atoms with Gasteiger partial charge in [-0.2, -0.15) is 13.2 Å². The number of rotatable bonds is 8. The molecule has 0 fully saturated rings. The van der Waals surface area contributed by atoms with Gasteiger partial charge in [0.1, 0.15) is 5.82 Å². The summed E-state index contributed by atoms with van der Waals surface area (Å²) in [6.07, 6.45) is -5.11. The molecule has 0 spiro atoms. The van der Waals surface area contributed by atoms with Crippen molar-refractivity contribution in [3.63, 3.8) is 0 Å². The zero-order valence-electron chi connectivity index (χ0n) is 19.6. The van der Waals surface area contributed by atoms with Crippen LogP contribution in [0.3, 0.4) is 0 Å². The lowest BCUT2D eigenvalue weighted by Crippen LogP contribution is -2.49. The van der Waals surface area contributed by atoms with Crippen molar-refractivity contribution >= 4 is 11.8 Å². The van der Waals surface area contributed by atoms with E-state index in [2.05, 4.69) is 15.5 Å². The molecule has 3 rings (SSSR count). The number of hydrogen-bond donors (Lipinski definition) is 2. The first kappa shape index (κ1) is 27.4. The summed E-state index contributed by atoms with van der Waals surface area (Å²) in [7, 11) is 0. The Labute approximate surface area is 202 Å². The second kappa shape index (κ2) is 10.8. The smallest absolute Gasteiger partial charge is 0.351 e. The van der Waals surface area contributed by atoms with Crippen LogP contribution in [0.5, 0.6) is 0 Å². The van der Waals surface area contributed by atoms with E-state index >= 15 is 0 Å². The highest BCUT2D eigenvalue weighted by Crippen LogP contribution is 2.29. The van der Waals surface area contributed by atoms with Gasteiger partial charge in [0.2, 0.25) is 17.6 Å². The molecule has 1 aromatic carbocycles. The standard InChI is InChI=1S/C22H26F6N6O2/c1-11(2)5-17(29)20(36)30-13(6-12-7-15(24)16(25)9-14(12)23)8-19(35)33-3-4-34-18(10-33)31-32-21(34)22(26,27)28/h7,9,11,13,17H,3-6,8,10,29H2,1-2H3,(H,30,36). The summed E-state index contributed by atoms with van der Waals surface area (Å²) < 4.78 is 81.4. The Hall–Kier alpha value is -3.16. The van der Waals surface area contributed by atoms with Gasteiger partial charge in [-0.15, -0.1) is 10.2 Å². The normalized spacial score (nSPS) is 15.6. The highest BCUT2D eigenvalue weighted by Gasteiger charge is 2.40. The molecule has 2 atom stereocenters. The fourth-order valence-electron chi connectivity index (χ4n) is 4.00. The lowest BCUT2D eigenvalue weighted by Gasteiger charge is -2.30. The zero-order chi connectivity index (χ0) is 26.8. The first-order chi connectivity index (χ1) is 16.8. The first-order valence-electron chi connectivity index (χ1n) is 11.2. The van der Waals surface area contributed by atoms with Crippen molar-refractivity contribution in [3.05, 3.63) is 46.8 Å². The molecule has 1 aliphatic heterocycles. The minimum atomic E-state index is -4.70. The van der Waals surface area contributed by atoms with Gasteiger partial charge in [-0.25, -0.2) is 13.2 Å². The van der Waals surface area contributed by atoms with Gasteiger partial charge in [0.15, 0.2) is 17.5 Å². The monoisotopic (exact) mass is 520 g/mol. The average Bonchev–Trinajstić information content (AvgIpc) is 3.20. The number of nitrogens with zero attached hydrogens (tertiary/aromatic N) is 4. The Bertz CT molecular complexity index is 1120. The van der Waals surface area contributed by atoms with Crippen molar-refractivity contribution in [3.8, 4) is 0 Å². The fourth-order valence-corrected chi connectivity index (χ4v) is 4.00. The molecule has 0 aliphatic carbocycles. The topological polar surface area (TPSA) is 106 Å². The highest BCUT2D eigenvalue weighted by atomic mass is 19.4. The molecule has 2 heterocycles. The Morgan fingerprint density at radius 2 is 1.75 bits per heavy atom. The van der Waals surface area contributed by atoms with Crippen LogP contribution in [0.15, 0.2) is 12.1 Å². The maximum absolute atomic E-state index is 14.3. The minimum absolute atomic E-state index is 0.0619. The van der Waals surface area contributed by atoms with Crippen molar-refractivity contribution in [2.75, 3.05) is 6.54 Å². The van der Waals surface area contributed by atoms with Crippen molar-refractivity contribution in [1.82, 2.24) is 25.0 Å². The molecule has 2 unspecified atom stereocenters. The average molecular weight is 520 g/mol. The van der Waals surface area contributed by atoms with Crippen molar-refractivity contribution in [2.24, 2.45) is 11.7 Å². The van der Waals surface area contributed by atoms with Gasteiger partial charge in [-0.05, 0) is 30.4 Å². The number of benzene rings is 1. The van der Waals surface area contributed by atoms with E-state index in [1.165, 1.54) is 4.90 Å². The Balaban J connectivity index is 1.77. The summed E-state index contributed by atoms with van der Waals surface area (Å²) >= 11 is 0. The number of alkyl halides is 3. The van der Waals surface area contributed by atoms with Crippen LogP contribution < -0.4 is 11.1 Å². The van der Waals surface area contributed by atoms with E-state index in [9.17, 15) is 35.9 Å². The minimum Gasteiger partial charge on any atom is -0.351 e. The highest BCUT2D eigenvalue weighted by molar-refractivity contribution is 5.83. The second-order valence-electron chi connectivity index (χ2n) is 9.11. The molecule has 1 aromatic heterocycles. The molecule has 0 bridgehead atoms. The SMILES string of the molecule is CC(C)CC(N)C(=O)NC(CC(=O)N1CCn2c(nnc2C(F)(F)F)C1)Cc1cc(F)c(F)cc1F. The number of hydrogen-bond acceptors (Lipinski definition) is 5. The van der Waals surface area contributed by atoms with Gasteiger partial charge in [-0.3, -0.25) is 9.59 Å². The number of aromatic nitrogens is 3. The van der Waals surface area contributed by atoms with Crippen LogP contribution >= 0.6 is 0 Å². The zero-order valence-corrected chi connectivity index (χ0v) is 19.6. The molecule has 36 heavy (non-hydrogen) atoms. The summed E-state index contributed by atoms with van der Waals surface area (Å²) in [5, 5.41) is 9.24. The summed E-state index contributed by atoms with van der Waals surface area (Å²) in [6, 6.07) is -0.963. The van der Waals surface area contributed by atoms with Gasteiger partial charge in [0, 0.05) is 31.6 Å². The van der Waals surface area contributed by atoms with Crippen LogP contribution in [0.25, 0.3) is 0 Å². The lowest BCUT2D eigenvalue weighted by atomic mass is 9.99. The molecule has 2 aromatic rings. The van der Waals surface area contributed by atoms with Gasteiger partial charge in [0.05, 0.1) is 12.6 Å². The van der Waals surface area contributed by atoms with Crippen LogP contribution in [0.4, 0.5) is 26.3 Å². The fraction of sp³-hybridized carbons (Fsp3) is 0.545. The van der Waals surface area contributed by atoms with Crippen LogP contribution in [0.2, 0.25) is 0 Å². The van der Waals surface area contributed by atoms with Crippen LogP contribution in [0.1, 0.15) is 43.9 Å². The van der Waals surface area contributed by atoms with Crippen LogP contribution in [-0.4, -0.2) is 50.1 Å². The number of fused-ring (bicyclic) bond motifs is 1. The molecule has 0 saturated heterocycles. The molecule has 198 valence electrons. The number of amides is 2. The van der Waals surface area contributed by atoms with Crippen molar-refractivity contribution in [2.45, 2.75) is 64.5 Å². The number of carbonyl (C=O) groups is 2. The molecular weight excluding hydrogens is 494 g/mol. The lowest BCUT2D eigenvalue weighted by molar-refractivity contribution is -0.148.